The molecular weight excluding hydrogens is 253 g/mol. The normalized spacial score (nSPS) is 17.7. The lowest BCUT2D eigenvalue weighted by Crippen LogP contribution is -2.48. The molecule has 1 saturated carbocycles. The monoisotopic (exact) mass is 269 g/mol. The first-order valence-electron chi connectivity index (χ1n) is 6.21. The number of rotatable bonds is 3. The Bertz CT molecular complexity index is 455. The van der Waals surface area contributed by atoms with E-state index in [0.29, 0.717) is 17.0 Å². The molecule has 0 saturated heterocycles. The van der Waals surface area contributed by atoms with Crippen molar-refractivity contribution in [3.8, 4) is 0 Å². The van der Waals surface area contributed by atoms with Gasteiger partial charge in [0.2, 0.25) is 0 Å². The highest BCUT2D eigenvalue weighted by Crippen LogP contribution is 2.31. The lowest BCUT2D eigenvalue weighted by Gasteiger charge is -2.28. The highest BCUT2D eigenvalue weighted by molar-refractivity contribution is 6.19. The topological polar surface area (TPSA) is 29.1 Å². The maximum absolute atomic E-state index is 13.0. The third-order valence-electron chi connectivity index (χ3n) is 3.63. The van der Waals surface area contributed by atoms with Gasteiger partial charge in [0.25, 0.3) is 5.91 Å². The van der Waals surface area contributed by atoms with Crippen LogP contribution in [0.25, 0.3) is 0 Å². The molecule has 0 heterocycles. The minimum atomic E-state index is -0.322. The van der Waals surface area contributed by atoms with E-state index in [4.69, 9.17) is 11.6 Å². The van der Waals surface area contributed by atoms with Crippen LogP contribution < -0.4 is 5.32 Å². The summed E-state index contributed by atoms with van der Waals surface area (Å²) in [6.07, 6.45) is 4.02. The van der Waals surface area contributed by atoms with Crippen molar-refractivity contribution in [3.05, 3.63) is 35.1 Å². The molecule has 1 amide bonds. The van der Waals surface area contributed by atoms with Crippen molar-refractivity contribution in [2.45, 2.75) is 38.1 Å². The van der Waals surface area contributed by atoms with Gasteiger partial charge >= 0.3 is 0 Å². The lowest BCUT2D eigenvalue weighted by atomic mass is 9.99. The molecule has 18 heavy (non-hydrogen) atoms. The summed E-state index contributed by atoms with van der Waals surface area (Å²) in [5, 5.41) is 3.03. The van der Waals surface area contributed by atoms with Crippen molar-refractivity contribution < 1.29 is 9.18 Å². The van der Waals surface area contributed by atoms with Crippen molar-refractivity contribution in [2.75, 3.05) is 5.88 Å². The van der Waals surface area contributed by atoms with E-state index in [9.17, 15) is 9.18 Å². The fraction of sp³-hybridized carbons (Fsp3) is 0.500. The third-order valence-corrected chi connectivity index (χ3v) is 4.14. The Morgan fingerprint density at radius 3 is 2.67 bits per heavy atom. The van der Waals surface area contributed by atoms with Crippen LogP contribution >= 0.6 is 11.6 Å². The van der Waals surface area contributed by atoms with Crippen molar-refractivity contribution in [2.24, 2.45) is 0 Å². The zero-order valence-corrected chi connectivity index (χ0v) is 11.2. The predicted molar refractivity (Wildman–Crippen MR) is 70.5 cm³/mol. The second-order valence-electron chi connectivity index (χ2n) is 5.03. The number of hydrogen-bond acceptors (Lipinski definition) is 1. The standard InChI is InChI=1S/C14H17ClFNO/c1-10-8-11(16)4-5-12(10)13(18)17-14(9-15)6-2-3-7-14/h4-5,8H,2-3,6-7,9H2,1H3,(H,17,18). The molecule has 2 rings (SSSR count). The Morgan fingerprint density at radius 2 is 2.11 bits per heavy atom. The minimum absolute atomic E-state index is 0.157. The molecule has 0 atom stereocenters. The van der Waals surface area contributed by atoms with E-state index in [2.05, 4.69) is 5.32 Å². The summed E-state index contributed by atoms with van der Waals surface area (Å²) >= 11 is 5.99. The van der Waals surface area contributed by atoms with Crippen molar-refractivity contribution in [3.63, 3.8) is 0 Å². The number of benzene rings is 1. The van der Waals surface area contributed by atoms with Crippen LogP contribution in [-0.2, 0) is 0 Å². The van der Waals surface area contributed by atoms with Gasteiger partial charge in [0.15, 0.2) is 0 Å². The average Bonchev–Trinajstić information content (AvgIpc) is 2.78. The van der Waals surface area contributed by atoms with Crippen molar-refractivity contribution >= 4 is 17.5 Å². The molecular formula is C14H17ClFNO. The number of carbonyl (C=O) groups excluding carboxylic acids is 1. The van der Waals surface area contributed by atoms with Gasteiger partial charge in [0, 0.05) is 11.4 Å². The summed E-state index contributed by atoms with van der Waals surface area (Å²) in [6, 6.07) is 4.21. The quantitative estimate of drug-likeness (QED) is 0.837. The van der Waals surface area contributed by atoms with Gasteiger partial charge < -0.3 is 5.32 Å². The minimum Gasteiger partial charge on any atom is -0.345 e. The zero-order chi connectivity index (χ0) is 13.2. The number of aryl methyl sites for hydroxylation is 1. The average molecular weight is 270 g/mol. The number of hydrogen-bond donors (Lipinski definition) is 1. The number of nitrogens with one attached hydrogen (secondary N) is 1. The van der Waals surface area contributed by atoms with E-state index in [1.54, 1.807) is 6.92 Å². The van der Waals surface area contributed by atoms with Gasteiger partial charge in [-0.1, -0.05) is 12.8 Å². The van der Waals surface area contributed by atoms with Crippen LogP contribution in [0.3, 0.4) is 0 Å². The molecule has 1 N–H and O–H groups in total. The van der Waals surface area contributed by atoms with Gasteiger partial charge in [-0.25, -0.2) is 4.39 Å². The summed E-state index contributed by atoms with van der Waals surface area (Å²) < 4.78 is 13.0. The fourth-order valence-electron chi connectivity index (χ4n) is 2.53. The highest BCUT2D eigenvalue weighted by atomic mass is 35.5. The molecule has 1 aromatic rings. The van der Waals surface area contributed by atoms with Gasteiger partial charge in [-0.15, -0.1) is 11.6 Å². The van der Waals surface area contributed by atoms with Gasteiger partial charge in [0.1, 0.15) is 5.82 Å². The van der Waals surface area contributed by atoms with Gasteiger partial charge in [0.05, 0.1) is 5.54 Å². The number of amides is 1. The molecule has 0 spiro atoms. The third kappa shape index (κ3) is 2.66. The molecule has 0 unspecified atom stereocenters. The Balaban J connectivity index is 2.16. The second kappa shape index (κ2) is 5.27. The van der Waals surface area contributed by atoms with E-state index < -0.39 is 0 Å². The molecule has 1 aromatic carbocycles. The molecule has 0 bridgehead atoms. The van der Waals surface area contributed by atoms with Crippen LogP contribution in [0, 0.1) is 12.7 Å². The highest BCUT2D eigenvalue weighted by Gasteiger charge is 2.34. The SMILES string of the molecule is Cc1cc(F)ccc1C(=O)NC1(CCl)CCCC1. The maximum Gasteiger partial charge on any atom is 0.252 e. The summed E-state index contributed by atoms with van der Waals surface area (Å²) in [4.78, 5) is 12.2. The number of carbonyl (C=O) groups is 1. The van der Waals surface area contributed by atoms with Crippen LogP contribution in [0.5, 0.6) is 0 Å². The number of alkyl halides is 1. The van der Waals surface area contributed by atoms with Crippen LogP contribution in [0.2, 0.25) is 0 Å². The Kier molecular flexibility index (Phi) is 3.91. The smallest absolute Gasteiger partial charge is 0.252 e. The van der Waals surface area contributed by atoms with Crippen LogP contribution in [0.15, 0.2) is 18.2 Å². The molecule has 0 radical (unpaired) electrons. The summed E-state index contributed by atoms with van der Waals surface area (Å²) in [5.41, 5.74) is 0.891. The second-order valence-corrected chi connectivity index (χ2v) is 5.30. The molecule has 1 fully saturated rings. The molecule has 98 valence electrons. The van der Waals surface area contributed by atoms with Crippen LogP contribution in [-0.4, -0.2) is 17.3 Å². The van der Waals surface area contributed by atoms with E-state index in [1.165, 1.54) is 18.2 Å². The molecule has 2 nitrogen and oxygen atoms in total. The largest absolute Gasteiger partial charge is 0.345 e. The van der Waals surface area contributed by atoms with E-state index in [1.807, 2.05) is 0 Å². The zero-order valence-electron chi connectivity index (χ0n) is 10.4. The first kappa shape index (κ1) is 13.3. The van der Waals surface area contributed by atoms with E-state index >= 15 is 0 Å². The first-order chi connectivity index (χ1) is 8.56. The van der Waals surface area contributed by atoms with Gasteiger partial charge in [-0.05, 0) is 43.5 Å². The van der Waals surface area contributed by atoms with Crippen molar-refractivity contribution in [1.29, 1.82) is 0 Å². The van der Waals surface area contributed by atoms with Gasteiger partial charge in [-0.3, -0.25) is 4.79 Å². The molecule has 4 heteroatoms. The Labute approximate surface area is 112 Å². The van der Waals surface area contributed by atoms with E-state index in [-0.39, 0.29) is 17.3 Å². The Morgan fingerprint density at radius 1 is 1.44 bits per heavy atom. The maximum atomic E-state index is 13.0. The van der Waals surface area contributed by atoms with E-state index in [0.717, 1.165) is 25.7 Å². The first-order valence-corrected chi connectivity index (χ1v) is 6.74. The van der Waals surface area contributed by atoms with Crippen LogP contribution in [0.4, 0.5) is 4.39 Å². The van der Waals surface area contributed by atoms with Crippen molar-refractivity contribution in [1.82, 2.24) is 5.32 Å². The fourth-order valence-corrected chi connectivity index (χ4v) is 2.87. The number of halogens is 2. The molecule has 1 aliphatic carbocycles. The Hall–Kier alpha value is -1.09. The summed E-state index contributed by atoms with van der Waals surface area (Å²) in [7, 11) is 0. The molecule has 0 aromatic heterocycles. The predicted octanol–water partition coefficient (Wildman–Crippen LogP) is 3.42. The van der Waals surface area contributed by atoms with Crippen LogP contribution in [0.1, 0.15) is 41.6 Å². The van der Waals surface area contributed by atoms with Gasteiger partial charge in [-0.2, -0.15) is 0 Å². The lowest BCUT2D eigenvalue weighted by molar-refractivity contribution is 0.0908. The molecule has 1 aliphatic rings. The summed E-state index contributed by atoms with van der Waals surface area (Å²) in [5.74, 6) is -0.0501. The molecule has 0 aliphatic heterocycles. The summed E-state index contributed by atoms with van der Waals surface area (Å²) in [6.45, 7) is 1.74.